The minimum Gasteiger partial charge on any atom is -0.397 e. The van der Waals surface area contributed by atoms with E-state index in [1.54, 1.807) is 6.07 Å². The molecule has 19 heavy (non-hydrogen) atoms. The molecule has 1 aliphatic heterocycles. The third-order valence-corrected chi connectivity index (χ3v) is 4.05. The van der Waals surface area contributed by atoms with Gasteiger partial charge in [-0.25, -0.2) is 0 Å². The fourth-order valence-electron chi connectivity index (χ4n) is 2.62. The molecule has 5 nitrogen and oxygen atoms in total. The number of hydrogen-bond donors (Lipinski definition) is 2. The van der Waals surface area contributed by atoms with Crippen molar-refractivity contribution in [3.05, 3.63) is 18.0 Å². The standard InChI is InChI=1S/C14H21N3O2/c1-14(4-6-19-7-5-14)16-13(18)12-8-10(15)9-17(12)11-2-3-11/h8-9,11H,2-7,15H2,1H3,(H,16,18). The van der Waals surface area contributed by atoms with Gasteiger partial charge in [0, 0.05) is 31.0 Å². The number of carbonyl (C=O) groups is 1. The zero-order chi connectivity index (χ0) is 13.5. The molecule has 3 rings (SSSR count). The first-order chi connectivity index (χ1) is 9.07. The number of nitrogen functional groups attached to an aromatic ring is 1. The Morgan fingerprint density at radius 2 is 2.16 bits per heavy atom. The summed E-state index contributed by atoms with van der Waals surface area (Å²) in [6, 6.07) is 2.23. The third kappa shape index (κ3) is 2.61. The van der Waals surface area contributed by atoms with Crippen molar-refractivity contribution in [2.24, 2.45) is 0 Å². The highest BCUT2D eigenvalue weighted by Gasteiger charge is 2.32. The Kier molecular flexibility index (Phi) is 3.01. The summed E-state index contributed by atoms with van der Waals surface area (Å²) in [7, 11) is 0. The van der Waals surface area contributed by atoms with Gasteiger partial charge in [0.05, 0.1) is 5.69 Å². The minimum absolute atomic E-state index is 0.0204. The van der Waals surface area contributed by atoms with Gasteiger partial charge in [-0.3, -0.25) is 4.79 Å². The molecule has 2 aliphatic rings. The highest BCUT2D eigenvalue weighted by molar-refractivity contribution is 5.94. The van der Waals surface area contributed by atoms with Crippen LogP contribution in [0, 0.1) is 0 Å². The van der Waals surface area contributed by atoms with E-state index in [0.717, 1.165) is 25.7 Å². The fraction of sp³-hybridized carbons (Fsp3) is 0.643. The van der Waals surface area contributed by atoms with E-state index in [1.807, 2.05) is 10.8 Å². The molecule has 1 saturated carbocycles. The van der Waals surface area contributed by atoms with Gasteiger partial charge in [0.2, 0.25) is 0 Å². The van der Waals surface area contributed by atoms with Gasteiger partial charge in [-0.1, -0.05) is 0 Å². The minimum atomic E-state index is -0.164. The van der Waals surface area contributed by atoms with Crippen LogP contribution in [0.3, 0.4) is 0 Å². The zero-order valence-corrected chi connectivity index (χ0v) is 11.3. The second-order valence-corrected chi connectivity index (χ2v) is 5.92. The Morgan fingerprint density at radius 3 is 2.79 bits per heavy atom. The summed E-state index contributed by atoms with van der Waals surface area (Å²) < 4.78 is 7.37. The van der Waals surface area contributed by atoms with Crippen LogP contribution in [0.5, 0.6) is 0 Å². The van der Waals surface area contributed by atoms with Gasteiger partial charge in [0.1, 0.15) is 5.69 Å². The molecule has 0 bridgehead atoms. The molecule has 1 aromatic heterocycles. The molecule has 0 aromatic carbocycles. The van der Waals surface area contributed by atoms with E-state index in [4.69, 9.17) is 10.5 Å². The lowest BCUT2D eigenvalue weighted by molar-refractivity contribution is 0.0420. The summed E-state index contributed by atoms with van der Waals surface area (Å²) in [5, 5.41) is 3.15. The van der Waals surface area contributed by atoms with Crippen LogP contribution in [-0.2, 0) is 4.74 Å². The van der Waals surface area contributed by atoms with E-state index in [1.165, 1.54) is 0 Å². The molecule has 0 atom stereocenters. The van der Waals surface area contributed by atoms with Gasteiger partial charge in [0.15, 0.2) is 0 Å². The number of amides is 1. The van der Waals surface area contributed by atoms with Crippen molar-refractivity contribution in [2.45, 2.75) is 44.2 Å². The van der Waals surface area contributed by atoms with Crippen molar-refractivity contribution < 1.29 is 9.53 Å². The van der Waals surface area contributed by atoms with Gasteiger partial charge in [0.25, 0.3) is 5.91 Å². The Balaban J connectivity index is 1.76. The molecule has 2 heterocycles. The lowest BCUT2D eigenvalue weighted by Crippen LogP contribution is -2.49. The fourth-order valence-corrected chi connectivity index (χ4v) is 2.62. The number of nitrogens with two attached hydrogens (primary N) is 1. The molecular weight excluding hydrogens is 242 g/mol. The average molecular weight is 263 g/mol. The molecule has 3 N–H and O–H groups in total. The molecule has 104 valence electrons. The topological polar surface area (TPSA) is 69.3 Å². The van der Waals surface area contributed by atoms with Crippen LogP contribution in [0.4, 0.5) is 5.69 Å². The van der Waals surface area contributed by atoms with E-state index in [2.05, 4.69) is 12.2 Å². The molecule has 5 heteroatoms. The summed E-state index contributed by atoms with van der Waals surface area (Å²) in [5.74, 6) is -0.0204. The van der Waals surface area contributed by atoms with Crippen LogP contribution in [-0.4, -0.2) is 29.2 Å². The molecule has 0 unspecified atom stereocenters. The number of nitrogens with one attached hydrogen (secondary N) is 1. The first-order valence-corrected chi connectivity index (χ1v) is 6.95. The molecule has 1 aromatic rings. The van der Waals surface area contributed by atoms with Gasteiger partial charge in [-0.2, -0.15) is 0 Å². The zero-order valence-electron chi connectivity index (χ0n) is 11.3. The third-order valence-electron chi connectivity index (χ3n) is 4.05. The van der Waals surface area contributed by atoms with Crippen LogP contribution in [0.1, 0.15) is 49.1 Å². The summed E-state index contributed by atoms with van der Waals surface area (Å²) >= 11 is 0. The first-order valence-electron chi connectivity index (χ1n) is 6.95. The van der Waals surface area contributed by atoms with E-state index in [9.17, 15) is 4.79 Å². The van der Waals surface area contributed by atoms with Crippen LogP contribution in [0.2, 0.25) is 0 Å². The Labute approximate surface area is 113 Å². The average Bonchev–Trinajstić information content (AvgIpc) is 3.12. The quantitative estimate of drug-likeness (QED) is 0.872. The van der Waals surface area contributed by atoms with Gasteiger partial charge < -0.3 is 20.4 Å². The second kappa shape index (κ2) is 4.56. The highest BCUT2D eigenvalue weighted by Crippen LogP contribution is 2.37. The van der Waals surface area contributed by atoms with E-state index >= 15 is 0 Å². The number of carbonyl (C=O) groups excluding carboxylic acids is 1. The maximum absolute atomic E-state index is 12.5. The number of hydrogen-bond acceptors (Lipinski definition) is 3. The molecule has 0 radical (unpaired) electrons. The van der Waals surface area contributed by atoms with Crippen LogP contribution in [0.25, 0.3) is 0 Å². The SMILES string of the molecule is CC1(NC(=O)c2cc(N)cn2C2CC2)CCOCC1. The van der Waals surface area contributed by atoms with Gasteiger partial charge in [-0.15, -0.1) is 0 Å². The van der Waals surface area contributed by atoms with Crippen molar-refractivity contribution in [3.8, 4) is 0 Å². The molecule has 1 saturated heterocycles. The maximum atomic E-state index is 12.5. The van der Waals surface area contributed by atoms with E-state index in [-0.39, 0.29) is 11.4 Å². The number of rotatable bonds is 3. The predicted octanol–water partition coefficient (Wildman–Crippen LogP) is 1.70. The molecular formula is C14H21N3O2. The van der Waals surface area contributed by atoms with Crippen LogP contribution < -0.4 is 11.1 Å². The molecule has 2 fully saturated rings. The van der Waals surface area contributed by atoms with Crippen molar-refractivity contribution >= 4 is 11.6 Å². The van der Waals surface area contributed by atoms with Crippen molar-refractivity contribution in [2.75, 3.05) is 18.9 Å². The number of nitrogens with zero attached hydrogens (tertiary/aromatic N) is 1. The van der Waals surface area contributed by atoms with Crippen LogP contribution in [0.15, 0.2) is 12.3 Å². The predicted molar refractivity (Wildman–Crippen MR) is 73.0 cm³/mol. The summed E-state index contributed by atoms with van der Waals surface area (Å²) in [4.78, 5) is 12.5. The second-order valence-electron chi connectivity index (χ2n) is 5.92. The molecule has 0 spiro atoms. The Bertz CT molecular complexity index is 485. The maximum Gasteiger partial charge on any atom is 0.268 e. The largest absolute Gasteiger partial charge is 0.397 e. The van der Waals surface area contributed by atoms with Gasteiger partial charge >= 0.3 is 0 Å². The summed E-state index contributed by atoms with van der Waals surface area (Å²) in [6.07, 6.45) is 5.87. The van der Waals surface area contributed by atoms with E-state index in [0.29, 0.717) is 30.6 Å². The number of ether oxygens (including phenoxy) is 1. The summed E-state index contributed by atoms with van der Waals surface area (Å²) in [6.45, 7) is 3.51. The monoisotopic (exact) mass is 263 g/mol. The Morgan fingerprint density at radius 1 is 1.47 bits per heavy atom. The molecule has 1 amide bonds. The van der Waals surface area contributed by atoms with E-state index < -0.39 is 0 Å². The number of aromatic nitrogens is 1. The van der Waals surface area contributed by atoms with Crippen LogP contribution >= 0.6 is 0 Å². The normalized spacial score (nSPS) is 22.2. The first kappa shape index (κ1) is 12.5. The molecule has 1 aliphatic carbocycles. The van der Waals surface area contributed by atoms with Crippen molar-refractivity contribution in [1.29, 1.82) is 0 Å². The van der Waals surface area contributed by atoms with Crippen molar-refractivity contribution in [3.63, 3.8) is 0 Å². The number of anilines is 1. The highest BCUT2D eigenvalue weighted by atomic mass is 16.5. The van der Waals surface area contributed by atoms with Crippen molar-refractivity contribution in [1.82, 2.24) is 9.88 Å². The Hall–Kier alpha value is -1.49. The lowest BCUT2D eigenvalue weighted by Gasteiger charge is -2.34. The van der Waals surface area contributed by atoms with Gasteiger partial charge in [-0.05, 0) is 38.7 Å². The summed E-state index contributed by atoms with van der Waals surface area (Å²) in [5.41, 5.74) is 7.01. The lowest BCUT2D eigenvalue weighted by atomic mass is 9.92. The smallest absolute Gasteiger partial charge is 0.268 e.